The number of halogens is 2. The Morgan fingerprint density at radius 1 is 1.23 bits per heavy atom. The van der Waals surface area contributed by atoms with Crippen LogP contribution in [0.4, 0.5) is 5.69 Å². The minimum atomic E-state index is -0.630. The molecule has 0 radical (unpaired) electrons. The van der Waals surface area contributed by atoms with Crippen LogP contribution in [0.3, 0.4) is 0 Å². The van der Waals surface area contributed by atoms with Gasteiger partial charge in [0.1, 0.15) is 11.3 Å². The highest BCUT2D eigenvalue weighted by molar-refractivity contribution is 6.33. The van der Waals surface area contributed by atoms with Crippen molar-refractivity contribution in [3.63, 3.8) is 0 Å². The van der Waals surface area contributed by atoms with Gasteiger partial charge in [0.2, 0.25) is 5.89 Å². The molecule has 0 aliphatic heterocycles. The fourth-order valence-electron chi connectivity index (χ4n) is 2.23. The maximum atomic E-state index is 12.3. The number of esters is 1. The van der Waals surface area contributed by atoms with E-state index in [0.717, 1.165) is 5.56 Å². The summed E-state index contributed by atoms with van der Waals surface area (Å²) in [7, 11) is 1.42. The molecule has 0 atom stereocenters. The van der Waals surface area contributed by atoms with Crippen LogP contribution in [0.15, 0.2) is 47.0 Å². The Morgan fingerprint density at radius 3 is 2.65 bits per heavy atom. The molecule has 0 amide bonds. The average molecular weight is 393 g/mol. The molecule has 0 unspecified atom stereocenters. The second-order valence-corrected chi connectivity index (χ2v) is 6.12. The van der Waals surface area contributed by atoms with Crippen LogP contribution >= 0.6 is 23.2 Å². The van der Waals surface area contributed by atoms with Gasteiger partial charge in [-0.05, 0) is 30.3 Å². The molecule has 0 aliphatic carbocycles. The molecule has 6 nitrogen and oxygen atoms in total. The minimum absolute atomic E-state index is 0.141. The molecule has 0 aliphatic rings. The molecule has 2 N–H and O–H groups in total. The number of methoxy groups -OCH3 is 1. The molecule has 0 spiro atoms. The van der Waals surface area contributed by atoms with Crippen molar-refractivity contribution in [3.05, 3.63) is 64.1 Å². The Bertz CT molecular complexity index is 939. The van der Waals surface area contributed by atoms with Crippen LogP contribution < -0.4 is 10.5 Å². The molecular weight excluding hydrogens is 379 g/mol. The number of benzene rings is 2. The summed E-state index contributed by atoms with van der Waals surface area (Å²) < 4.78 is 15.9. The van der Waals surface area contributed by atoms with Crippen LogP contribution in [-0.2, 0) is 11.3 Å². The van der Waals surface area contributed by atoms with Crippen LogP contribution in [0.2, 0.25) is 10.0 Å². The number of aromatic nitrogens is 1. The fourth-order valence-corrected chi connectivity index (χ4v) is 2.52. The molecule has 0 fully saturated rings. The van der Waals surface area contributed by atoms with E-state index in [4.69, 9.17) is 42.8 Å². The second kappa shape index (κ2) is 7.68. The normalized spacial score (nSPS) is 10.6. The maximum absolute atomic E-state index is 12.3. The van der Waals surface area contributed by atoms with Gasteiger partial charge in [0.25, 0.3) is 0 Å². The van der Waals surface area contributed by atoms with E-state index in [2.05, 4.69) is 4.98 Å². The smallest absolute Gasteiger partial charge is 0.342 e. The largest absolute Gasteiger partial charge is 0.496 e. The second-order valence-electron chi connectivity index (χ2n) is 5.28. The Morgan fingerprint density at radius 2 is 1.96 bits per heavy atom. The summed E-state index contributed by atoms with van der Waals surface area (Å²) in [6, 6.07) is 9.96. The number of nitrogens with two attached hydrogens (primary N) is 1. The van der Waals surface area contributed by atoms with Gasteiger partial charge in [0.15, 0.2) is 12.4 Å². The zero-order chi connectivity index (χ0) is 18.7. The average Bonchev–Trinajstić information content (AvgIpc) is 3.11. The van der Waals surface area contributed by atoms with E-state index in [1.54, 1.807) is 30.5 Å². The number of carbonyl (C=O) groups is 1. The summed E-state index contributed by atoms with van der Waals surface area (Å²) in [6.45, 7) is -0.141. The molecule has 3 rings (SSSR count). The Labute approximate surface area is 159 Å². The number of nitrogen functional groups attached to an aromatic ring is 1. The Balaban J connectivity index is 1.71. The first-order valence-corrected chi connectivity index (χ1v) is 8.24. The van der Waals surface area contributed by atoms with Crippen LogP contribution in [0.1, 0.15) is 16.2 Å². The van der Waals surface area contributed by atoms with E-state index in [0.29, 0.717) is 16.5 Å². The van der Waals surface area contributed by atoms with E-state index in [9.17, 15) is 4.79 Å². The molecule has 26 heavy (non-hydrogen) atoms. The van der Waals surface area contributed by atoms with Gasteiger partial charge in [-0.3, -0.25) is 0 Å². The Hall–Kier alpha value is -2.70. The number of hydrogen-bond acceptors (Lipinski definition) is 6. The first-order valence-electron chi connectivity index (χ1n) is 7.48. The van der Waals surface area contributed by atoms with Gasteiger partial charge in [0.05, 0.1) is 24.0 Å². The highest BCUT2D eigenvalue weighted by Crippen LogP contribution is 2.29. The van der Waals surface area contributed by atoms with E-state index < -0.39 is 5.97 Å². The third-order valence-corrected chi connectivity index (χ3v) is 4.13. The third kappa shape index (κ3) is 3.92. The predicted molar refractivity (Wildman–Crippen MR) is 98.5 cm³/mol. The number of anilines is 1. The molecule has 0 saturated heterocycles. The highest BCUT2D eigenvalue weighted by Gasteiger charge is 2.17. The van der Waals surface area contributed by atoms with Crippen molar-refractivity contribution in [1.29, 1.82) is 0 Å². The lowest BCUT2D eigenvalue weighted by Crippen LogP contribution is -2.08. The number of hydrogen-bond donors (Lipinski definition) is 1. The predicted octanol–water partition coefficient (Wildman–Crippen LogP) is 4.60. The molecular formula is C18H14Cl2N2O4. The lowest BCUT2D eigenvalue weighted by Gasteiger charge is -2.10. The van der Waals surface area contributed by atoms with Crippen molar-refractivity contribution >= 4 is 34.9 Å². The standard InChI is InChI=1S/C18H14Cl2N2O4/c1-24-15-7-14(21)13(20)6-12(15)18(23)25-9-17-22-8-16(26-17)10-2-4-11(19)5-3-10/h2-8H,9,21H2,1H3. The number of rotatable bonds is 5. The third-order valence-electron chi connectivity index (χ3n) is 3.55. The summed E-state index contributed by atoms with van der Waals surface area (Å²) in [5.74, 6) is 0.436. The number of carbonyl (C=O) groups excluding carboxylic acids is 1. The lowest BCUT2D eigenvalue weighted by molar-refractivity contribution is 0.0435. The number of oxazole rings is 1. The summed E-state index contributed by atoms with van der Waals surface area (Å²) in [5, 5.41) is 0.859. The molecule has 134 valence electrons. The molecule has 1 heterocycles. The van der Waals surface area contributed by atoms with Crippen molar-refractivity contribution in [3.8, 4) is 17.1 Å². The van der Waals surface area contributed by atoms with Gasteiger partial charge in [-0.25, -0.2) is 9.78 Å². The highest BCUT2D eigenvalue weighted by atomic mass is 35.5. The van der Waals surface area contributed by atoms with Gasteiger partial charge in [0, 0.05) is 16.7 Å². The van der Waals surface area contributed by atoms with Gasteiger partial charge < -0.3 is 19.6 Å². The van der Waals surface area contributed by atoms with Gasteiger partial charge >= 0.3 is 5.97 Å². The SMILES string of the molecule is COc1cc(N)c(Cl)cc1C(=O)OCc1ncc(-c2ccc(Cl)cc2)o1. The summed E-state index contributed by atoms with van der Waals surface area (Å²) in [6.07, 6.45) is 1.55. The quantitative estimate of drug-likeness (QED) is 0.504. The van der Waals surface area contributed by atoms with Crippen molar-refractivity contribution in [2.75, 3.05) is 12.8 Å². The topological polar surface area (TPSA) is 87.6 Å². The first kappa shape index (κ1) is 18.1. The number of ether oxygens (including phenoxy) is 2. The van der Waals surface area contributed by atoms with Crippen molar-refractivity contribution < 1.29 is 18.7 Å². The van der Waals surface area contributed by atoms with Crippen molar-refractivity contribution in [2.45, 2.75) is 6.61 Å². The zero-order valence-electron chi connectivity index (χ0n) is 13.7. The summed E-state index contributed by atoms with van der Waals surface area (Å²) in [4.78, 5) is 16.4. The van der Waals surface area contributed by atoms with Gasteiger partial charge in [-0.2, -0.15) is 0 Å². The van der Waals surface area contributed by atoms with Gasteiger partial charge in [-0.1, -0.05) is 23.2 Å². The fraction of sp³-hybridized carbons (Fsp3) is 0.111. The summed E-state index contributed by atoms with van der Waals surface area (Å²) in [5.41, 5.74) is 6.98. The monoisotopic (exact) mass is 392 g/mol. The number of nitrogens with zero attached hydrogens (tertiary/aromatic N) is 1. The molecule has 8 heteroatoms. The minimum Gasteiger partial charge on any atom is -0.496 e. The van der Waals surface area contributed by atoms with Crippen LogP contribution in [0.25, 0.3) is 11.3 Å². The Kier molecular flexibility index (Phi) is 5.35. The first-order chi connectivity index (χ1) is 12.5. The molecule has 1 aromatic heterocycles. The van der Waals surface area contributed by atoms with Crippen molar-refractivity contribution in [2.24, 2.45) is 0 Å². The van der Waals surface area contributed by atoms with E-state index in [-0.39, 0.29) is 28.8 Å². The lowest BCUT2D eigenvalue weighted by atomic mass is 10.2. The van der Waals surface area contributed by atoms with Crippen molar-refractivity contribution in [1.82, 2.24) is 4.98 Å². The molecule has 2 aromatic carbocycles. The molecule has 0 bridgehead atoms. The van der Waals surface area contributed by atoms with Crippen LogP contribution in [0, 0.1) is 0 Å². The summed E-state index contributed by atoms with van der Waals surface area (Å²) >= 11 is 11.8. The van der Waals surface area contributed by atoms with E-state index in [1.807, 2.05) is 0 Å². The zero-order valence-corrected chi connectivity index (χ0v) is 15.2. The maximum Gasteiger partial charge on any atom is 0.342 e. The van der Waals surface area contributed by atoms with Crippen LogP contribution in [0.5, 0.6) is 5.75 Å². The molecule has 0 saturated carbocycles. The van der Waals surface area contributed by atoms with E-state index >= 15 is 0 Å². The molecule has 3 aromatic rings. The van der Waals surface area contributed by atoms with Crippen LogP contribution in [-0.4, -0.2) is 18.1 Å². The van der Waals surface area contributed by atoms with Gasteiger partial charge in [-0.15, -0.1) is 0 Å². The van der Waals surface area contributed by atoms with E-state index in [1.165, 1.54) is 19.2 Å².